The second-order valence-electron chi connectivity index (χ2n) is 7.15. The summed E-state index contributed by atoms with van der Waals surface area (Å²) >= 11 is 0. The molecule has 1 fully saturated rings. The second kappa shape index (κ2) is 9.22. The minimum atomic E-state index is -0.281. The summed E-state index contributed by atoms with van der Waals surface area (Å²) in [6.45, 7) is 5.36. The molecule has 3 rings (SSSR count). The van der Waals surface area contributed by atoms with Gasteiger partial charge in [0, 0.05) is 50.2 Å². The first kappa shape index (κ1) is 20.4. The van der Waals surface area contributed by atoms with Crippen LogP contribution in [0.1, 0.15) is 12.5 Å². The van der Waals surface area contributed by atoms with Crippen LogP contribution in [0.2, 0.25) is 0 Å². The number of carbonyl (C=O) groups is 2. The molecule has 150 valence electrons. The molecule has 7 nitrogen and oxygen atoms in total. The minimum absolute atomic E-state index is 0.0958. The van der Waals surface area contributed by atoms with E-state index in [4.69, 9.17) is 5.26 Å². The Kier molecular flexibility index (Phi) is 6.47. The van der Waals surface area contributed by atoms with Crippen molar-refractivity contribution in [3.05, 3.63) is 54.1 Å². The summed E-state index contributed by atoms with van der Waals surface area (Å²) in [5.74, 6) is -0.521. The predicted molar refractivity (Wildman–Crippen MR) is 114 cm³/mol. The van der Waals surface area contributed by atoms with Crippen molar-refractivity contribution < 1.29 is 9.59 Å². The van der Waals surface area contributed by atoms with Crippen LogP contribution in [0.15, 0.2) is 48.5 Å². The third-order valence-corrected chi connectivity index (χ3v) is 5.01. The summed E-state index contributed by atoms with van der Waals surface area (Å²) in [5.41, 5.74) is 2.91. The summed E-state index contributed by atoms with van der Waals surface area (Å²) in [4.78, 5) is 30.5. The van der Waals surface area contributed by atoms with E-state index in [2.05, 4.69) is 22.2 Å². The number of anilines is 3. The fraction of sp³-hybridized carbons (Fsp3) is 0.318. The van der Waals surface area contributed by atoms with Gasteiger partial charge in [0.05, 0.1) is 11.6 Å². The molecule has 0 aromatic heterocycles. The van der Waals surface area contributed by atoms with Crippen LogP contribution in [0, 0.1) is 11.3 Å². The Morgan fingerprint density at radius 3 is 2.21 bits per heavy atom. The standard InChI is InChI=1S/C22H25N5O2/c1-17(28)27(21-7-3-18(15-23)4-8-21)16-22(29)24-19-5-9-20(10-6-19)26-13-11-25(2)12-14-26/h3-10H,11-14,16H2,1-2H3,(H,24,29). The first-order valence-corrected chi connectivity index (χ1v) is 9.58. The van der Waals surface area contributed by atoms with Crippen molar-refractivity contribution in [2.75, 3.05) is 54.9 Å². The quantitative estimate of drug-likeness (QED) is 0.846. The number of nitrogens with zero attached hydrogens (tertiary/aromatic N) is 4. The molecule has 0 unspecified atom stereocenters. The monoisotopic (exact) mass is 391 g/mol. The highest BCUT2D eigenvalue weighted by atomic mass is 16.2. The lowest BCUT2D eigenvalue weighted by atomic mass is 10.2. The van der Waals surface area contributed by atoms with E-state index in [0.717, 1.165) is 31.9 Å². The number of benzene rings is 2. The number of piperazine rings is 1. The zero-order valence-electron chi connectivity index (χ0n) is 16.8. The maximum absolute atomic E-state index is 12.5. The zero-order chi connectivity index (χ0) is 20.8. The lowest BCUT2D eigenvalue weighted by molar-refractivity contribution is -0.120. The molecule has 2 aromatic carbocycles. The third-order valence-electron chi connectivity index (χ3n) is 5.01. The maximum atomic E-state index is 12.5. The molecule has 0 radical (unpaired) electrons. The summed E-state index contributed by atoms with van der Waals surface area (Å²) in [6, 6.07) is 16.4. The van der Waals surface area contributed by atoms with Crippen LogP contribution < -0.4 is 15.1 Å². The Balaban J connectivity index is 1.61. The summed E-state index contributed by atoms with van der Waals surface area (Å²) in [6.07, 6.45) is 0. The lowest BCUT2D eigenvalue weighted by Crippen LogP contribution is -2.44. The van der Waals surface area contributed by atoms with Crippen molar-refractivity contribution in [2.45, 2.75) is 6.92 Å². The summed E-state index contributed by atoms with van der Waals surface area (Å²) in [7, 11) is 2.12. The van der Waals surface area contributed by atoms with Gasteiger partial charge in [0.1, 0.15) is 6.54 Å². The van der Waals surface area contributed by atoms with Crippen LogP contribution in [0.3, 0.4) is 0 Å². The van der Waals surface area contributed by atoms with Crippen LogP contribution in [-0.2, 0) is 9.59 Å². The average molecular weight is 391 g/mol. The topological polar surface area (TPSA) is 79.7 Å². The van der Waals surface area contributed by atoms with Gasteiger partial charge in [-0.2, -0.15) is 5.26 Å². The molecule has 2 amide bonds. The van der Waals surface area contributed by atoms with E-state index in [0.29, 0.717) is 16.9 Å². The number of carbonyl (C=O) groups excluding carboxylic acids is 2. The maximum Gasteiger partial charge on any atom is 0.244 e. The van der Waals surface area contributed by atoms with Crippen molar-refractivity contribution in [2.24, 2.45) is 0 Å². The highest BCUT2D eigenvalue weighted by Gasteiger charge is 2.17. The largest absolute Gasteiger partial charge is 0.369 e. The second-order valence-corrected chi connectivity index (χ2v) is 7.15. The van der Waals surface area contributed by atoms with Gasteiger partial charge in [-0.3, -0.25) is 9.59 Å². The minimum Gasteiger partial charge on any atom is -0.369 e. The predicted octanol–water partition coefficient (Wildman–Crippen LogP) is 2.30. The first-order chi connectivity index (χ1) is 14.0. The number of rotatable bonds is 5. The average Bonchev–Trinajstić information content (AvgIpc) is 2.73. The third kappa shape index (κ3) is 5.33. The lowest BCUT2D eigenvalue weighted by Gasteiger charge is -2.34. The van der Waals surface area contributed by atoms with E-state index in [1.807, 2.05) is 30.3 Å². The van der Waals surface area contributed by atoms with Crippen LogP contribution in [0.25, 0.3) is 0 Å². The van der Waals surface area contributed by atoms with Crippen molar-refractivity contribution in [3.8, 4) is 6.07 Å². The number of likely N-dealkylation sites (N-methyl/N-ethyl adjacent to an activating group) is 1. The fourth-order valence-electron chi connectivity index (χ4n) is 3.26. The Labute approximate surface area is 171 Å². The molecule has 1 aliphatic rings. The summed E-state index contributed by atoms with van der Waals surface area (Å²) in [5, 5.41) is 11.7. The molecular formula is C22H25N5O2. The smallest absolute Gasteiger partial charge is 0.244 e. The molecule has 1 aliphatic heterocycles. The number of hydrogen-bond donors (Lipinski definition) is 1. The van der Waals surface area contributed by atoms with Crippen LogP contribution in [0.5, 0.6) is 0 Å². The van der Waals surface area contributed by atoms with Gasteiger partial charge < -0.3 is 20.0 Å². The van der Waals surface area contributed by atoms with Gasteiger partial charge in [-0.25, -0.2) is 0 Å². The van der Waals surface area contributed by atoms with Gasteiger partial charge in [-0.05, 0) is 55.6 Å². The molecule has 2 aromatic rings. The summed E-state index contributed by atoms with van der Waals surface area (Å²) < 4.78 is 0. The molecule has 1 N–H and O–H groups in total. The fourth-order valence-corrected chi connectivity index (χ4v) is 3.26. The van der Waals surface area contributed by atoms with E-state index in [1.54, 1.807) is 24.3 Å². The van der Waals surface area contributed by atoms with E-state index >= 15 is 0 Å². The van der Waals surface area contributed by atoms with Crippen molar-refractivity contribution >= 4 is 28.9 Å². The SMILES string of the molecule is CC(=O)N(CC(=O)Nc1ccc(N2CCN(C)CC2)cc1)c1ccc(C#N)cc1. The van der Waals surface area contributed by atoms with Gasteiger partial charge in [0.25, 0.3) is 0 Å². The Hall–Kier alpha value is -3.37. The molecule has 29 heavy (non-hydrogen) atoms. The number of amides is 2. The van der Waals surface area contributed by atoms with Crippen molar-refractivity contribution in [3.63, 3.8) is 0 Å². The molecule has 0 aliphatic carbocycles. The van der Waals surface area contributed by atoms with Crippen LogP contribution in [-0.4, -0.2) is 56.5 Å². The van der Waals surface area contributed by atoms with Crippen molar-refractivity contribution in [1.82, 2.24) is 4.90 Å². The normalized spacial score (nSPS) is 14.2. The van der Waals surface area contributed by atoms with Crippen molar-refractivity contribution in [1.29, 1.82) is 5.26 Å². The van der Waals surface area contributed by atoms with Crippen LogP contribution in [0.4, 0.5) is 17.1 Å². The van der Waals surface area contributed by atoms with E-state index in [9.17, 15) is 9.59 Å². The van der Waals surface area contributed by atoms with Crippen LogP contribution >= 0.6 is 0 Å². The molecule has 1 heterocycles. The molecular weight excluding hydrogens is 366 g/mol. The van der Waals surface area contributed by atoms with Gasteiger partial charge in [0.15, 0.2) is 0 Å². The van der Waals surface area contributed by atoms with Gasteiger partial charge in [-0.1, -0.05) is 0 Å². The molecule has 0 atom stereocenters. The highest BCUT2D eigenvalue weighted by molar-refractivity contribution is 6.01. The van der Waals surface area contributed by atoms with E-state index in [-0.39, 0.29) is 18.4 Å². The van der Waals surface area contributed by atoms with Gasteiger partial charge in [0.2, 0.25) is 11.8 Å². The number of nitriles is 1. The first-order valence-electron chi connectivity index (χ1n) is 9.58. The highest BCUT2D eigenvalue weighted by Crippen LogP contribution is 2.20. The Bertz CT molecular complexity index is 894. The van der Waals surface area contributed by atoms with E-state index < -0.39 is 0 Å². The molecule has 0 bridgehead atoms. The zero-order valence-corrected chi connectivity index (χ0v) is 16.8. The molecule has 1 saturated heterocycles. The number of nitrogens with one attached hydrogen (secondary N) is 1. The number of hydrogen-bond acceptors (Lipinski definition) is 5. The molecule has 0 spiro atoms. The molecule has 7 heteroatoms. The Morgan fingerprint density at radius 1 is 1.03 bits per heavy atom. The Morgan fingerprint density at radius 2 is 1.66 bits per heavy atom. The van der Waals surface area contributed by atoms with Gasteiger partial charge >= 0.3 is 0 Å². The van der Waals surface area contributed by atoms with Gasteiger partial charge in [-0.15, -0.1) is 0 Å². The van der Waals surface area contributed by atoms with E-state index in [1.165, 1.54) is 11.8 Å². The molecule has 0 saturated carbocycles.